The fraction of sp³-hybridized carbons (Fsp3) is 1.00. The first-order valence-electron chi connectivity index (χ1n) is 4.35. The number of nitrogens with zero attached hydrogens (tertiary/aromatic N) is 3. The Labute approximate surface area is 85.7 Å². The number of ether oxygens (including phenoxy) is 2. The lowest BCUT2D eigenvalue weighted by molar-refractivity contribution is -0.257. The highest BCUT2D eigenvalue weighted by atomic mass is 16.7. The first-order valence-corrected chi connectivity index (χ1v) is 4.35. The SMILES string of the molecule is CO[C@H]1O[C@H](CO)[C@H](O)[C@H](O)[C@H]1N=[N+]=[N-]. The van der Waals surface area contributed by atoms with Crippen LogP contribution in [0.2, 0.25) is 0 Å². The highest BCUT2D eigenvalue weighted by Crippen LogP contribution is 2.23. The molecule has 0 aromatic heterocycles. The van der Waals surface area contributed by atoms with Crippen LogP contribution in [0.15, 0.2) is 5.11 Å². The molecule has 0 aliphatic carbocycles. The van der Waals surface area contributed by atoms with Crippen molar-refractivity contribution in [1.82, 2.24) is 0 Å². The number of aliphatic hydroxyl groups excluding tert-OH is 3. The van der Waals surface area contributed by atoms with Crippen LogP contribution in [0.3, 0.4) is 0 Å². The second kappa shape index (κ2) is 5.26. The lowest BCUT2D eigenvalue weighted by Crippen LogP contribution is -2.58. The van der Waals surface area contributed by atoms with E-state index in [1.165, 1.54) is 7.11 Å². The van der Waals surface area contributed by atoms with Gasteiger partial charge >= 0.3 is 0 Å². The van der Waals surface area contributed by atoms with E-state index in [0.29, 0.717) is 0 Å². The van der Waals surface area contributed by atoms with E-state index in [4.69, 9.17) is 20.1 Å². The molecule has 0 unspecified atom stereocenters. The normalized spacial score (nSPS) is 40.9. The van der Waals surface area contributed by atoms with Crippen molar-refractivity contribution in [3.05, 3.63) is 10.4 Å². The number of rotatable bonds is 3. The van der Waals surface area contributed by atoms with Gasteiger partial charge in [-0.3, -0.25) is 0 Å². The van der Waals surface area contributed by atoms with Crippen molar-refractivity contribution in [2.24, 2.45) is 5.11 Å². The molecule has 1 aliphatic heterocycles. The van der Waals surface area contributed by atoms with E-state index in [1.54, 1.807) is 0 Å². The topological polar surface area (TPSA) is 128 Å². The summed E-state index contributed by atoms with van der Waals surface area (Å²) in [5, 5.41) is 31.2. The predicted molar refractivity (Wildman–Crippen MR) is 47.7 cm³/mol. The van der Waals surface area contributed by atoms with E-state index in [-0.39, 0.29) is 0 Å². The van der Waals surface area contributed by atoms with E-state index < -0.39 is 37.3 Å². The highest BCUT2D eigenvalue weighted by molar-refractivity contribution is 4.93. The average molecular weight is 219 g/mol. The van der Waals surface area contributed by atoms with Crippen molar-refractivity contribution in [2.75, 3.05) is 13.7 Å². The van der Waals surface area contributed by atoms with Gasteiger partial charge < -0.3 is 24.8 Å². The summed E-state index contributed by atoms with van der Waals surface area (Å²) in [6, 6.07) is -1.03. The van der Waals surface area contributed by atoms with Gasteiger partial charge in [0.1, 0.15) is 18.2 Å². The lowest BCUT2D eigenvalue weighted by atomic mass is 9.98. The first kappa shape index (κ1) is 12.2. The van der Waals surface area contributed by atoms with Crippen molar-refractivity contribution in [3.8, 4) is 0 Å². The Balaban J connectivity index is 2.83. The minimum absolute atomic E-state index is 0.457. The van der Waals surface area contributed by atoms with Gasteiger partial charge in [-0.2, -0.15) is 0 Å². The van der Waals surface area contributed by atoms with Crippen LogP contribution in [-0.2, 0) is 9.47 Å². The van der Waals surface area contributed by atoms with Gasteiger partial charge in [0, 0.05) is 12.0 Å². The minimum atomic E-state index is -1.32. The van der Waals surface area contributed by atoms with E-state index in [2.05, 4.69) is 10.0 Å². The Morgan fingerprint density at radius 3 is 2.60 bits per heavy atom. The zero-order chi connectivity index (χ0) is 11.4. The smallest absolute Gasteiger partial charge is 0.168 e. The van der Waals surface area contributed by atoms with Gasteiger partial charge in [-0.1, -0.05) is 5.11 Å². The van der Waals surface area contributed by atoms with Crippen LogP contribution in [0, 0.1) is 0 Å². The van der Waals surface area contributed by atoms with Gasteiger partial charge in [-0.25, -0.2) is 0 Å². The Kier molecular flexibility index (Phi) is 4.28. The molecule has 1 heterocycles. The molecule has 1 fully saturated rings. The van der Waals surface area contributed by atoms with Gasteiger partial charge in [-0.05, 0) is 5.53 Å². The van der Waals surface area contributed by atoms with Crippen LogP contribution in [0.5, 0.6) is 0 Å². The zero-order valence-electron chi connectivity index (χ0n) is 8.09. The molecule has 8 heteroatoms. The molecule has 0 bridgehead atoms. The second-order valence-corrected chi connectivity index (χ2v) is 3.14. The van der Waals surface area contributed by atoms with Gasteiger partial charge in [0.25, 0.3) is 0 Å². The van der Waals surface area contributed by atoms with Gasteiger partial charge in [0.2, 0.25) is 0 Å². The fourth-order valence-electron chi connectivity index (χ4n) is 1.44. The summed E-state index contributed by atoms with van der Waals surface area (Å²) in [5.74, 6) is 0. The van der Waals surface area contributed by atoms with Gasteiger partial charge in [0.15, 0.2) is 6.29 Å². The molecule has 1 saturated heterocycles. The van der Waals surface area contributed by atoms with Crippen molar-refractivity contribution < 1.29 is 24.8 Å². The Hall–Kier alpha value is -0.890. The summed E-state index contributed by atoms with van der Waals surface area (Å²) in [6.45, 7) is -0.457. The van der Waals surface area contributed by atoms with E-state index in [1.807, 2.05) is 0 Å². The molecule has 5 atom stereocenters. The van der Waals surface area contributed by atoms with E-state index in [9.17, 15) is 10.2 Å². The number of hydrogen-bond acceptors (Lipinski definition) is 6. The maximum absolute atomic E-state index is 9.59. The maximum Gasteiger partial charge on any atom is 0.168 e. The third-order valence-electron chi connectivity index (χ3n) is 2.27. The number of methoxy groups -OCH3 is 1. The first-order chi connectivity index (χ1) is 7.15. The standard InChI is InChI=1S/C7H13N3O5/c1-14-7-4(9-10-8)6(13)5(12)3(2-11)15-7/h3-7,11-13H,2H2,1H3/t3-,4-,5+,6-,7+/m1/s1. The van der Waals surface area contributed by atoms with Crippen molar-refractivity contribution in [3.63, 3.8) is 0 Å². The molecule has 0 amide bonds. The molecular weight excluding hydrogens is 206 g/mol. The van der Waals surface area contributed by atoms with Crippen molar-refractivity contribution in [1.29, 1.82) is 0 Å². The zero-order valence-corrected chi connectivity index (χ0v) is 8.09. The second-order valence-electron chi connectivity index (χ2n) is 3.14. The third kappa shape index (κ3) is 2.37. The quantitative estimate of drug-likeness (QED) is 0.310. The largest absolute Gasteiger partial charge is 0.394 e. The van der Waals surface area contributed by atoms with Crippen LogP contribution in [0.4, 0.5) is 0 Å². The van der Waals surface area contributed by atoms with Crippen LogP contribution in [-0.4, -0.2) is 59.7 Å². The van der Waals surface area contributed by atoms with Crippen LogP contribution < -0.4 is 0 Å². The Bertz CT molecular complexity index is 255. The van der Waals surface area contributed by atoms with E-state index in [0.717, 1.165) is 0 Å². The molecule has 1 aliphatic rings. The van der Waals surface area contributed by atoms with Gasteiger partial charge in [-0.15, -0.1) is 0 Å². The molecule has 0 aromatic carbocycles. The number of hydrogen-bond donors (Lipinski definition) is 3. The molecule has 0 saturated carbocycles. The number of aliphatic hydroxyl groups is 3. The molecule has 3 N–H and O–H groups in total. The molecule has 0 spiro atoms. The molecule has 0 aromatic rings. The molecule has 0 radical (unpaired) electrons. The minimum Gasteiger partial charge on any atom is -0.394 e. The molecule has 86 valence electrons. The molecule has 1 rings (SSSR count). The third-order valence-corrected chi connectivity index (χ3v) is 2.27. The summed E-state index contributed by atoms with van der Waals surface area (Å²) in [5.41, 5.74) is 8.26. The van der Waals surface area contributed by atoms with Crippen LogP contribution >= 0.6 is 0 Å². The van der Waals surface area contributed by atoms with Crippen molar-refractivity contribution in [2.45, 2.75) is 30.6 Å². The molecule has 8 nitrogen and oxygen atoms in total. The lowest BCUT2D eigenvalue weighted by Gasteiger charge is -2.39. The van der Waals surface area contributed by atoms with Crippen LogP contribution in [0.1, 0.15) is 0 Å². The summed E-state index contributed by atoms with van der Waals surface area (Å²) >= 11 is 0. The summed E-state index contributed by atoms with van der Waals surface area (Å²) < 4.78 is 9.92. The Morgan fingerprint density at radius 2 is 2.13 bits per heavy atom. The van der Waals surface area contributed by atoms with Gasteiger partial charge in [0.05, 0.1) is 12.7 Å². The molecular formula is C7H13N3O5. The fourth-order valence-corrected chi connectivity index (χ4v) is 1.44. The average Bonchev–Trinajstić information content (AvgIpc) is 2.25. The predicted octanol–water partition coefficient (Wildman–Crippen LogP) is -1.25. The van der Waals surface area contributed by atoms with Crippen LogP contribution in [0.25, 0.3) is 10.4 Å². The molecule has 15 heavy (non-hydrogen) atoms. The van der Waals surface area contributed by atoms with Crippen molar-refractivity contribution >= 4 is 0 Å². The summed E-state index contributed by atoms with van der Waals surface area (Å²) in [6.07, 6.45) is -4.56. The highest BCUT2D eigenvalue weighted by Gasteiger charge is 2.43. The monoisotopic (exact) mass is 219 g/mol. The summed E-state index contributed by atoms with van der Waals surface area (Å²) in [4.78, 5) is 2.52. The number of azide groups is 1. The Morgan fingerprint density at radius 1 is 1.47 bits per heavy atom. The summed E-state index contributed by atoms with van der Waals surface area (Å²) in [7, 11) is 1.31. The van der Waals surface area contributed by atoms with E-state index >= 15 is 0 Å². The maximum atomic E-state index is 9.59.